The summed E-state index contributed by atoms with van der Waals surface area (Å²) in [6, 6.07) is 7.86. The Kier molecular flexibility index (Phi) is 4.97. The molecule has 2 aliphatic heterocycles. The number of nitrogens with zero attached hydrogens (tertiary/aromatic N) is 2. The summed E-state index contributed by atoms with van der Waals surface area (Å²) in [6.45, 7) is 3.97. The van der Waals surface area contributed by atoms with Gasteiger partial charge in [0, 0.05) is 36.6 Å². The molecule has 2 fully saturated rings. The van der Waals surface area contributed by atoms with Crippen molar-refractivity contribution in [2.24, 2.45) is 5.73 Å². The van der Waals surface area contributed by atoms with Crippen LogP contribution in [0.3, 0.4) is 0 Å². The predicted molar refractivity (Wildman–Crippen MR) is 96.2 cm³/mol. The summed E-state index contributed by atoms with van der Waals surface area (Å²) < 4.78 is 0.964. The fraction of sp³-hybridized carbons (Fsp3) is 0.556. The number of benzene rings is 1. The van der Waals surface area contributed by atoms with Gasteiger partial charge >= 0.3 is 0 Å². The van der Waals surface area contributed by atoms with E-state index in [0.717, 1.165) is 35.8 Å². The second kappa shape index (κ2) is 6.84. The number of nitrogens with two attached hydrogens (primary N) is 1. The lowest BCUT2D eigenvalue weighted by Gasteiger charge is -2.39. The summed E-state index contributed by atoms with van der Waals surface area (Å²) >= 11 is 3.40. The third kappa shape index (κ3) is 3.35. The quantitative estimate of drug-likeness (QED) is 0.855. The lowest BCUT2D eigenvalue weighted by Crippen LogP contribution is -2.55. The number of carbonyl (C=O) groups excluding carboxylic acids is 2. The molecule has 6 heteroatoms. The molecule has 0 bridgehead atoms. The maximum Gasteiger partial charge on any atom is 0.246 e. The molecule has 0 aromatic heterocycles. The number of carbonyl (C=O) groups is 2. The zero-order valence-electron chi connectivity index (χ0n) is 14.0. The summed E-state index contributed by atoms with van der Waals surface area (Å²) in [5.74, 6) is 0.217. The molecule has 5 nitrogen and oxygen atoms in total. The number of hydrogen-bond donors (Lipinski definition) is 1. The SMILES string of the molecule is CC(N)(C(=O)N1CCC(N2CCCC2=O)CC1)c1ccc(Br)cc1. The van der Waals surface area contributed by atoms with Crippen molar-refractivity contribution in [1.29, 1.82) is 0 Å². The van der Waals surface area contributed by atoms with Crippen LogP contribution < -0.4 is 5.73 Å². The summed E-state index contributed by atoms with van der Waals surface area (Å²) in [4.78, 5) is 28.6. The van der Waals surface area contributed by atoms with Crippen LogP contribution in [-0.2, 0) is 15.1 Å². The van der Waals surface area contributed by atoms with E-state index in [1.54, 1.807) is 6.92 Å². The lowest BCUT2D eigenvalue weighted by molar-refractivity contribution is -0.139. The minimum Gasteiger partial charge on any atom is -0.341 e. The molecule has 0 aliphatic carbocycles. The van der Waals surface area contributed by atoms with E-state index in [-0.39, 0.29) is 17.9 Å². The standard InChI is InChI=1S/C18H24BrN3O2/c1-18(20,13-4-6-14(19)7-5-13)17(24)21-11-8-15(9-12-21)22-10-2-3-16(22)23/h4-7,15H,2-3,8-12,20H2,1H3. The topological polar surface area (TPSA) is 66.6 Å². The molecule has 0 radical (unpaired) electrons. The van der Waals surface area contributed by atoms with E-state index in [2.05, 4.69) is 15.9 Å². The molecule has 1 aromatic rings. The van der Waals surface area contributed by atoms with E-state index in [4.69, 9.17) is 5.73 Å². The maximum atomic E-state index is 12.9. The number of hydrogen-bond acceptors (Lipinski definition) is 3. The van der Waals surface area contributed by atoms with Crippen LogP contribution in [-0.4, -0.2) is 47.3 Å². The van der Waals surface area contributed by atoms with Crippen LogP contribution in [0.25, 0.3) is 0 Å². The number of rotatable bonds is 3. The van der Waals surface area contributed by atoms with E-state index < -0.39 is 5.54 Å². The second-order valence-electron chi connectivity index (χ2n) is 6.92. The van der Waals surface area contributed by atoms with Crippen molar-refractivity contribution in [3.63, 3.8) is 0 Å². The van der Waals surface area contributed by atoms with E-state index in [1.807, 2.05) is 34.1 Å². The van der Waals surface area contributed by atoms with Gasteiger partial charge in [0.05, 0.1) is 0 Å². The number of amides is 2. The van der Waals surface area contributed by atoms with Crippen LogP contribution in [0, 0.1) is 0 Å². The Balaban J connectivity index is 1.64. The average Bonchev–Trinajstić information content (AvgIpc) is 3.01. The second-order valence-corrected chi connectivity index (χ2v) is 7.84. The van der Waals surface area contributed by atoms with Crippen LogP contribution in [0.1, 0.15) is 38.2 Å². The molecule has 0 spiro atoms. The maximum absolute atomic E-state index is 12.9. The van der Waals surface area contributed by atoms with Gasteiger partial charge in [-0.2, -0.15) is 0 Å². The Labute approximate surface area is 151 Å². The van der Waals surface area contributed by atoms with Crippen LogP contribution in [0.4, 0.5) is 0 Å². The molecule has 2 heterocycles. The summed E-state index contributed by atoms with van der Waals surface area (Å²) in [5.41, 5.74) is 6.15. The zero-order chi connectivity index (χ0) is 17.3. The molecule has 1 aromatic carbocycles. The number of likely N-dealkylation sites (tertiary alicyclic amines) is 2. The Morgan fingerprint density at radius 1 is 1.21 bits per heavy atom. The Morgan fingerprint density at radius 3 is 2.38 bits per heavy atom. The van der Waals surface area contributed by atoms with Gasteiger partial charge < -0.3 is 15.5 Å². The normalized spacial score (nSPS) is 21.9. The molecular weight excluding hydrogens is 370 g/mol. The molecule has 2 amide bonds. The Hall–Kier alpha value is -1.40. The minimum atomic E-state index is -1.03. The van der Waals surface area contributed by atoms with Crippen LogP contribution in [0.15, 0.2) is 28.7 Å². The highest BCUT2D eigenvalue weighted by Crippen LogP contribution is 2.27. The number of piperidine rings is 1. The van der Waals surface area contributed by atoms with Crippen LogP contribution >= 0.6 is 15.9 Å². The third-order valence-electron chi connectivity index (χ3n) is 5.19. The summed E-state index contributed by atoms with van der Waals surface area (Å²) in [6.07, 6.45) is 3.31. The summed E-state index contributed by atoms with van der Waals surface area (Å²) in [7, 11) is 0. The highest BCUT2D eigenvalue weighted by molar-refractivity contribution is 9.10. The Morgan fingerprint density at radius 2 is 1.83 bits per heavy atom. The first kappa shape index (κ1) is 17.4. The molecule has 1 unspecified atom stereocenters. The first-order chi connectivity index (χ1) is 11.4. The third-order valence-corrected chi connectivity index (χ3v) is 5.72. The first-order valence-electron chi connectivity index (χ1n) is 8.53. The largest absolute Gasteiger partial charge is 0.341 e. The molecule has 3 rings (SSSR count). The fourth-order valence-corrected chi connectivity index (χ4v) is 3.95. The summed E-state index contributed by atoms with van der Waals surface area (Å²) in [5, 5.41) is 0. The van der Waals surface area contributed by atoms with Gasteiger partial charge in [-0.25, -0.2) is 0 Å². The van der Waals surface area contributed by atoms with E-state index in [1.165, 1.54) is 0 Å². The van der Waals surface area contributed by atoms with Gasteiger partial charge in [0.15, 0.2) is 0 Å². The van der Waals surface area contributed by atoms with Crippen LogP contribution in [0.2, 0.25) is 0 Å². The van der Waals surface area contributed by atoms with E-state index >= 15 is 0 Å². The molecule has 1 atom stereocenters. The average molecular weight is 394 g/mol. The van der Waals surface area contributed by atoms with Gasteiger partial charge in [0.2, 0.25) is 11.8 Å². The van der Waals surface area contributed by atoms with Crippen molar-refractivity contribution in [2.75, 3.05) is 19.6 Å². The van der Waals surface area contributed by atoms with E-state index in [9.17, 15) is 9.59 Å². The van der Waals surface area contributed by atoms with Gasteiger partial charge in [-0.1, -0.05) is 28.1 Å². The first-order valence-corrected chi connectivity index (χ1v) is 9.32. The molecule has 24 heavy (non-hydrogen) atoms. The monoisotopic (exact) mass is 393 g/mol. The van der Waals surface area contributed by atoms with Gasteiger partial charge in [0.1, 0.15) is 5.54 Å². The van der Waals surface area contributed by atoms with Crippen molar-refractivity contribution < 1.29 is 9.59 Å². The predicted octanol–water partition coefficient (Wildman–Crippen LogP) is 2.24. The van der Waals surface area contributed by atoms with Gasteiger partial charge in [-0.15, -0.1) is 0 Å². The lowest BCUT2D eigenvalue weighted by atomic mass is 9.90. The minimum absolute atomic E-state index is 0.0454. The Bertz CT molecular complexity index is 622. The molecule has 130 valence electrons. The van der Waals surface area contributed by atoms with Gasteiger partial charge in [0.25, 0.3) is 0 Å². The fourth-order valence-electron chi connectivity index (χ4n) is 3.68. The van der Waals surface area contributed by atoms with Crippen molar-refractivity contribution in [2.45, 2.75) is 44.2 Å². The van der Waals surface area contributed by atoms with Crippen molar-refractivity contribution >= 4 is 27.7 Å². The smallest absolute Gasteiger partial charge is 0.246 e. The van der Waals surface area contributed by atoms with Crippen molar-refractivity contribution in [3.8, 4) is 0 Å². The zero-order valence-corrected chi connectivity index (χ0v) is 15.6. The van der Waals surface area contributed by atoms with Gasteiger partial charge in [-0.3, -0.25) is 9.59 Å². The number of halogens is 1. The molecule has 0 saturated carbocycles. The van der Waals surface area contributed by atoms with Gasteiger partial charge in [-0.05, 0) is 43.9 Å². The molecule has 2 N–H and O–H groups in total. The van der Waals surface area contributed by atoms with Crippen molar-refractivity contribution in [3.05, 3.63) is 34.3 Å². The highest BCUT2D eigenvalue weighted by atomic mass is 79.9. The van der Waals surface area contributed by atoms with Crippen molar-refractivity contribution in [1.82, 2.24) is 9.80 Å². The molecular formula is C18H24BrN3O2. The molecule has 2 saturated heterocycles. The highest BCUT2D eigenvalue weighted by Gasteiger charge is 2.38. The molecule has 2 aliphatic rings. The van der Waals surface area contributed by atoms with E-state index in [0.29, 0.717) is 19.5 Å². The van der Waals surface area contributed by atoms with Crippen LogP contribution in [0.5, 0.6) is 0 Å².